The largest absolute Gasteiger partial charge is 0.484 e. The van der Waals surface area contributed by atoms with Crippen molar-refractivity contribution in [3.05, 3.63) is 53.6 Å². The molecular weight excluding hydrogens is 368 g/mol. The third-order valence-corrected chi connectivity index (χ3v) is 4.41. The van der Waals surface area contributed by atoms with E-state index in [1.54, 1.807) is 31.2 Å². The van der Waals surface area contributed by atoms with Gasteiger partial charge in [0.05, 0.1) is 0 Å². The number of amides is 2. The van der Waals surface area contributed by atoms with Gasteiger partial charge in [-0.05, 0) is 74.2 Å². The molecule has 0 spiro atoms. The molecule has 6 heteroatoms. The Bertz CT molecular complexity index is 831. The molecule has 2 N–H and O–H groups in total. The van der Waals surface area contributed by atoms with Gasteiger partial charge in [-0.15, -0.1) is 0 Å². The van der Waals surface area contributed by atoms with Crippen molar-refractivity contribution in [2.45, 2.75) is 46.6 Å². The lowest BCUT2D eigenvalue weighted by Gasteiger charge is -2.17. The summed E-state index contributed by atoms with van der Waals surface area (Å²) in [7, 11) is 0. The highest BCUT2D eigenvalue weighted by molar-refractivity contribution is 5.94. The second kappa shape index (κ2) is 10.5. The standard InChI is InChI=1S/C23H30N2O4/c1-6-24-22(26)14-28-19-9-7-18(8-10-19)25-23(27)17(5)29-20-11-12-21(15(2)3)16(4)13-20/h7-13,15,17H,6,14H2,1-5H3,(H,24,26)(H,25,27). The average Bonchev–Trinajstić information content (AvgIpc) is 2.67. The fourth-order valence-corrected chi connectivity index (χ4v) is 2.90. The zero-order valence-electron chi connectivity index (χ0n) is 17.7. The van der Waals surface area contributed by atoms with Gasteiger partial charge in [0, 0.05) is 12.2 Å². The normalized spacial score (nSPS) is 11.7. The first-order chi connectivity index (χ1) is 13.8. The molecule has 0 bridgehead atoms. The minimum atomic E-state index is -0.645. The third-order valence-electron chi connectivity index (χ3n) is 4.41. The average molecular weight is 399 g/mol. The van der Waals surface area contributed by atoms with Crippen molar-refractivity contribution in [2.75, 3.05) is 18.5 Å². The van der Waals surface area contributed by atoms with Crippen LogP contribution >= 0.6 is 0 Å². The van der Waals surface area contributed by atoms with Crippen LogP contribution in [-0.4, -0.2) is 31.1 Å². The minimum Gasteiger partial charge on any atom is -0.484 e. The number of rotatable bonds is 9. The molecule has 0 aliphatic heterocycles. The Labute approximate surface area is 172 Å². The van der Waals surface area contributed by atoms with Crippen LogP contribution in [0.3, 0.4) is 0 Å². The number of benzene rings is 2. The number of carbonyl (C=O) groups is 2. The van der Waals surface area contributed by atoms with Gasteiger partial charge in [0.25, 0.3) is 11.8 Å². The number of aryl methyl sites for hydroxylation is 1. The Hall–Kier alpha value is -3.02. The summed E-state index contributed by atoms with van der Waals surface area (Å²) in [5, 5.41) is 5.48. The summed E-state index contributed by atoms with van der Waals surface area (Å²) < 4.78 is 11.2. The molecule has 29 heavy (non-hydrogen) atoms. The van der Waals surface area contributed by atoms with E-state index in [1.807, 2.05) is 32.0 Å². The lowest BCUT2D eigenvalue weighted by atomic mass is 9.98. The maximum atomic E-state index is 12.4. The first-order valence-corrected chi connectivity index (χ1v) is 9.87. The van der Waals surface area contributed by atoms with Gasteiger partial charge < -0.3 is 20.1 Å². The van der Waals surface area contributed by atoms with Crippen LogP contribution in [0.2, 0.25) is 0 Å². The maximum absolute atomic E-state index is 12.4. The van der Waals surface area contributed by atoms with Crippen LogP contribution in [0, 0.1) is 6.92 Å². The van der Waals surface area contributed by atoms with Crippen molar-refractivity contribution in [3.63, 3.8) is 0 Å². The Morgan fingerprint density at radius 1 is 1.00 bits per heavy atom. The highest BCUT2D eigenvalue weighted by atomic mass is 16.5. The number of ether oxygens (including phenoxy) is 2. The molecule has 0 aliphatic rings. The first kappa shape index (κ1) is 22.3. The first-order valence-electron chi connectivity index (χ1n) is 9.87. The van der Waals surface area contributed by atoms with E-state index in [9.17, 15) is 9.59 Å². The van der Waals surface area contributed by atoms with Crippen LogP contribution in [0.25, 0.3) is 0 Å². The van der Waals surface area contributed by atoms with Crippen molar-refractivity contribution in [1.29, 1.82) is 0 Å². The molecule has 2 amide bonds. The molecule has 156 valence electrons. The van der Waals surface area contributed by atoms with Crippen LogP contribution < -0.4 is 20.1 Å². The topological polar surface area (TPSA) is 76.7 Å². The summed E-state index contributed by atoms with van der Waals surface area (Å²) in [6, 6.07) is 12.7. The quantitative estimate of drug-likeness (QED) is 0.668. The second-order valence-corrected chi connectivity index (χ2v) is 7.19. The number of likely N-dealkylation sites (N-methyl/N-ethyl adjacent to an activating group) is 1. The molecule has 1 unspecified atom stereocenters. The van der Waals surface area contributed by atoms with Crippen LogP contribution in [0.5, 0.6) is 11.5 Å². The zero-order valence-corrected chi connectivity index (χ0v) is 17.7. The molecule has 0 heterocycles. The zero-order chi connectivity index (χ0) is 21.4. The van der Waals surface area contributed by atoms with Gasteiger partial charge in [0.2, 0.25) is 0 Å². The van der Waals surface area contributed by atoms with Crippen LogP contribution in [0.4, 0.5) is 5.69 Å². The molecule has 6 nitrogen and oxygen atoms in total. The van der Waals surface area contributed by atoms with Gasteiger partial charge in [0.1, 0.15) is 11.5 Å². The minimum absolute atomic E-state index is 0.0422. The van der Waals surface area contributed by atoms with E-state index in [0.717, 1.165) is 5.56 Å². The molecule has 0 aliphatic carbocycles. The molecular formula is C23H30N2O4. The van der Waals surface area contributed by atoms with Crippen molar-refractivity contribution in [2.24, 2.45) is 0 Å². The van der Waals surface area contributed by atoms with Gasteiger partial charge in [0.15, 0.2) is 12.7 Å². The molecule has 0 saturated carbocycles. The second-order valence-electron chi connectivity index (χ2n) is 7.19. The van der Waals surface area contributed by atoms with Gasteiger partial charge in [-0.25, -0.2) is 0 Å². The molecule has 0 fully saturated rings. The molecule has 2 aromatic carbocycles. The molecule has 0 radical (unpaired) electrons. The molecule has 2 rings (SSSR count). The summed E-state index contributed by atoms with van der Waals surface area (Å²) >= 11 is 0. The predicted molar refractivity (Wildman–Crippen MR) is 115 cm³/mol. The Balaban J connectivity index is 1.89. The van der Waals surface area contributed by atoms with Crippen LogP contribution in [0.1, 0.15) is 44.7 Å². The number of carbonyl (C=O) groups excluding carboxylic acids is 2. The summed E-state index contributed by atoms with van der Waals surface area (Å²) in [6.45, 7) is 10.4. The molecule has 2 aromatic rings. The smallest absolute Gasteiger partial charge is 0.265 e. The Morgan fingerprint density at radius 3 is 2.24 bits per heavy atom. The summed E-state index contributed by atoms with van der Waals surface area (Å²) in [4.78, 5) is 23.8. The highest BCUT2D eigenvalue weighted by Crippen LogP contribution is 2.24. The fourth-order valence-electron chi connectivity index (χ4n) is 2.90. The van der Waals surface area contributed by atoms with Crippen LogP contribution in [0.15, 0.2) is 42.5 Å². The van der Waals surface area contributed by atoms with Gasteiger partial charge in [-0.1, -0.05) is 19.9 Å². The third kappa shape index (κ3) is 6.82. The molecule has 1 atom stereocenters. The van der Waals surface area contributed by atoms with Gasteiger partial charge >= 0.3 is 0 Å². The van der Waals surface area contributed by atoms with Gasteiger partial charge in [-0.3, -0.25) is 9.59 Å². The van der Waals surface area contributed by atoms with Crippen molar-refractivity contribution >= 4 is 17.5 Å². The fraction of sp³-hybridized carbons (Fsp3) is 0.391. The van der Waals surface area contributed by atoms with E-state index in [0.29, 0.717) is 29.6 Å². The SMILES string of the molecule is CCNC(=O)COc1ccc(NC(=O)C(C)Oc2ccc(C(C)C)c(C)c2)cc1. The van der Waals surface area contributed by atoms with E-state index < -0.39 is 6.10 Å². The Morgan fingerprint density at radius 2 is 1.66 bits per heavy atom. The number of hydrogen-bond acceptors (Lipinski definition) is 4. The molecule has 0 saturated heterocycles. The van der Waals surface area contributed by atoms with Crippen molar-refractivity contribution in [3.8, 4) is 11.5 Å². The lowest BCUT2D eigenvalue weighted by Crippen LogP contribution is -2.30. The monoisotopic (exact) mass is 398 g/mol. The van der Waals surface area contributed by atoms with Crippen LogP contribution in [-0.2, 0) is 9.59 Å². The summed E-state index contributed by atoms with van der Waals surface area (Å²) in [5.74, 6) is 1.25. The number of nitrogens with one attached hydrogen (secondary N) is 2. The van der Waals surface area contributed by atoms with E-state index in [-0.39, 0.29) is 18.4 Å². The predicted octanol–water partition coefficient (Wildman–Crippen LogP) is 4.04. The lowest BCUT2D eigenvalue weighted by molar-refractivity contribution is -0.123. The van der Waals surface area contributed by atoms with E-state index >= 15 is 0 Å². The van der Waals surface area contributed by atoms with Crippen molar-refractivity contribution < 1.29 is 19.1 Å². The van der Waals surface area contributed by atoms with Gasteiger partial charge in [-0.2, -0.15) is 0 Å². The highest BCUT2D eigenvalue weighted by Gasteiger charge is 2.16. The summed E-state index contributed by atoms with van der Waals surface area (Å²) in [6.07, 6.45) is -0.645. The number of hydrogen-bond donors (Lipinski definition) is 2. The van der Waals surface area contributed by atoms with Crippen molar-refractivity contribution in [1.82, 2.24) is 5.32 Å². The van der Waals surface area contributed by atoms with E-state index in [4.69, 9.17) is 9.47 Å². The summed E-state index contributed by atoms with van der Waals surface area (Å²) in [5.41, 5.74) is 3.04. The maximum Gasteiger partial charge on any atom is 0.265 e. The van der Waals surface area contributed by atoms with E-state index in [2.05, 4.69) is 24.5 Å². The Kier molecular flexibility index (Phi) is 8.07. The molecule has 0 aromatic heterocycles. The number of anilines is 1. The van der Waals surface area contributed by atoms with E-state index in [1.165, 1.54) is 5.56 Å².